The highest BCUT2D eigenvalue weighted by molar-refractivity contribution is 7.99. The van der Waals surface area contributed by atoms with Crippen molar-refractivity contribution in [2.75, 3.05) is 11.1 Å². The molecule has 0 bridgehead atoms. The molecule has 0 saturated heterocycles. The Morgan fingerprint density at radius 2 is 1.93 bits per heavy atom. The normalized spacial score (nSPS) is 10.9. The minimum absolute atomic E-state index is 0.150. The molecule has 4 aromatic rings. The van der Waals surface area contributed by atoms with Gasteiger partial charge in [0.05, 0.1) is 22.5 Å². The SMILES string of the molecule is Cc1ccccc1-n1nnnc1SCC(=O)Nc1ccc2nccnc2c1. The Labute approximate surface area is 159 Å². The Hall–Kier alpha value is -3.33. The van der Waals surface area contributed by atoms with E-state index in [4.69, 9.17) is 0 Å². The second-order valence-corrected chi connectivity index (χ2v) is 6.70. The monoisotopic (exact) mass is 377 g/mol. The maximum atomic E-state index is 12.3. The molecule has 0 saturated carbocycles. The van der Waals surface area contributed by atoms with Crippen molar-refractivity contribution in [3.05, 3.63) is 60.4 Å². The average molecular weight is 377 g/mol. The topological polar surface area (TPSA) is 98.5 Å². The number of amides is 1. The van der Waals surface area contributed by atoms with E-state index < -0.39 is 0 Å². The van der Waals surface area contributed by atoms with E-state index in [2.05, 4.69) is 30.8 Å². The van der Waals surface area contributed by atoms with Crippen molar-refractivity contribution in [2.45, 2.75) is 12.1 Å². The van der Waals surface area contributed by atoms with Crippen LogP contribution < -0.4 is 5.32 Å². The Kier molecular flexibility index (Phi) is 4.75. The van der Waals surface area contributed by atoms with Gasteiger partial charge in [0.1, 0.15) is 0 Å². The van der Waals surface area contributed by atoms with Gasteiger partial charge in [-0.05, 0) is 47.2 Å². The van der Waals surface area contributed by atoms with Crippen LogP contribution in [0.4, 0.5) is 5.69 Å². The second-order valence-electron chi connectivity index (χ2n) is 5.76. The maximum Gasteiger partial charge on any atom is 0.234 e. The highest BCUT2D eigenvalue weighted by atomic mass is 32.2. The van der Waals surface area contributed by atoms with Crippen LogP contribution in [0, 0.1) is 6.92 Å². The zero-order valence-corrected chi connectivity index (χ0v) is 15.2. The summed E-state index contributed by atoms with van der Waals surface area (Å²) < 4.78 is 1.64. The van der Waals surface area contributed by atoms with Crippen LogP contribution in [0.3, 0.4) is 0 Å². The molecular weight excluding hydrogens is 362 g/mol. The molecule has 0 aliphatic rings. The molecule has 134 valence electrons. The van der Waals surface area contributed by atoms with Gasteiger partial charge in [-0.3, -0.25) is 14.8 Å². The molecule has 2 aromatic heterocycles. The molecule has 27 heavy (non-hydrogen) atoms. The zero-order chi connectivity index (χ0) is 18.6. The first-order valence-corrected chi connectivity index (χ1v) is 9.17. The summed E-state index contributed by atoms with van der Waals surface area (Å²) in [6, 6.07) is 13.2. The third kappa shape index (κ3) is 3.77. The van der Waals surface area contributed by atoms with Gasteiger partial charge in [-0.25, -0.2) is 0 Å². The fourth-order valence-electron chi connectivity index (χ4n) is 2.59. The van der Waals surface area contributed by atoms with Crippen molar-refractivity contribution < 1.29 is 4.79 Å². The molecule has 1 amide bonds. The molecule has 8 nitrogen and oxygen atoms in total. The third-order valence-corrected chi connectivity index (χ3v) is 4.79. The fourth-order valence-corrected chi connectivity index (χ4v) is 3.27. The van der Waals surface area contributed by atoms with Crippen molar-refractivity contribution in [1.82, 2.24) is 30.2 Å². The van der Waals surface area contributed by atoms with Crippen molar-refractivity contribution in [1.29, 1.82) is 0 Å². The van der Waals surface area contributed by atoms with Gasteiger partial charge in [-0.1, -0.05) is 30.0 Å². The first-order valence-electron chi connectivity index (χ1n) is 8.18. The van der Waals surface area contributed by atoms with Crippen molar-refractivity contribution in [3.63, 3.8) is 0 Å². The number of aryl methyl sites for hydroxylation is 1. The first kappa shape index (κ1) is 17.1. The van der Waals surface area contributed by atoms with Gasteiger partial charge >= 0.3 is 0 Å². The third-order valence-electron chi connectivity index (χ3n) is 3.87. The summed E-state index contributed by atoms with van der Waals surface area (Å²) in [4.78, 5) is 20.8. The van der Waals surface area contributed by atoms with E-state index in [1.807, 2.05) is 37.3 Å². The van der Waals surface area contributed by atoms with Crippen LogP contribution >= 0.6 is 11.8 Å². The van der Waals surface area contributed by atoms with Gasteiger partial charge in [0.15, 0.2) is 0 Å². The highest BCUT2D eigenvalue weighted by Gasteiger charge is 2.13. The number of benzene rings is 2. The minimum atomic E-state index is -0.150. The average Bonchev–Trinajstić information content (AvgIpc) is 3.15. The van der Waals surface area contributed by atoms with Gasteiger partial charge in [-0.15, -0.1) is 5.10 Å². The van der Waals surface area contributed by atoms with Crippen molar-refractivity contribution >= 4 is 34.4 Å². The van der Waals surface area contributed by atoms with E-state index in [0.717, 1.165) is 22.3 Å². The fraction of sp³-hybridized carbons (Fsp3) is 0.111. The molecule has 0 radical (unpaired) electrons. The van der Waals surface area contributed by atoms with Crippen LogP contribution in [0.1, 0.15) is 5.56 Å². The molecular formula is C18H15N7OS. The second kappa shape index (κ2) is 7.50. The quantitative estimate of drug-likeness (QED) is 0.534. The Morgan fingerprint density at radius 3 is 2.78 bits per heavy atom. The number of hydrogen-bond donors (Lipinski definition) is 1. The summed E-state index contributed by atoms with van der Waals surface area (Å²) in [6.45, 7) is 1.99. The predicted octanol–water partition coefficient (Wildman–Crippen LogP) is 2.64. The number of tetrazole rings is 1. The lowest BCUT2D eigenvalue weighted by atomic mass is 10.2. The Bertz CT molecular complexity index is 1110. The van der Waals surface area contributed by atoms with E-state index in [9.17, 15) is 4.79 Å². The number of aromatic nitrogens is 6. The number of thioether (sulfide) groups is 1. The number of anilines is 1. The predicted molar refractivity (Wildman–Crippen MR) is 103 cm³/mol. The highest BCUT2D eigenvalue weighted by Crippen LogP contribution is 2.21. The van der Waals surface area contributed by atoms with E-state index >= 15 is 0 Å². The number of para-hydroxylation sites is 1. The number of carbonyl (C=O) groups is 1. The van der Waals surface area contributed by atoms with Crippen LogP contribution in [0.25, 0.3) is 16.7 Å². The molecule has 0 unspecified atom stereocenters. The Morgan fingerprint density at radius 1 is 1.11 bits per heavy atom. The summed E-state index contributed by atoms with van der Waals surface area (Å²) in [5.41, 5.74) is 4.12. The minimum Gasteiger partial charge on any atom is -0.325 e. The molecule has 0 atom stereocenters. The summed E-state index contributed by atoms with van der Waals surface area (Å²) in [5.74, 6) is 0.0349. The number of nitrogens with zero attached hydrogens (tertiary/aromatic N) is 6. The van der Waals surface area contributed by atoms with Crippen molar-refractivity contribution in [2.24, 2.45) is 0 Å². The number of nitrogens with one attached hydrogen (secondary N) is 1. The van der Waals surface area contributed by atoms with Crippen LogP contribution in [-0.4, -0.2) is 41.8 Å². The lowest BCUT2D eigenvalue weighted by molar-refractivity contribution is -0.113. The molecule has 2 aromatic carbocycles. The van der Waals surface area contributed by atoms with E-state index in [1.54, 1.807) is 29.2 Å². The van der Waals surface area contributed by atoms with E-state index in [-0.39, 0.29) is 11.7 Å². The van der Waals surface area contributed by atoms with Gasteiger partial charge in [-0.2, -0.15) is 4.68 Å². The van der Waals surface area contributed by atoms with Gasteiger partial charge < -0.3 is 5.32 Å². The lowest BCUT2D eigenvalue weighted by Crippen LogP contribution is -2.14. The summed E-state index contributed by atoms with van der Waals surface area (Å²) in [5, 5.41) is 15.2. The van der Waals surface area contributed by atoms with E-state index in [1.165, 1.54) is 11.8 Å². The molecule has 2 heterocycles. The standard InChI is InChI=1S/C18H15N7OS/c1-12-4-2-3-5-16(12)25-18(22-23-24-25)27-11-17(26)21-13-6-7-14-15(10-13)20-9-8-19-14/h2-10H,11H2,1H3,(H,21,26). The van der Waals surface area contributed by atoms with Crippen LogP contribution in [0.15, 0.2) is 60.0 Å². The smallest absolute Gasteiger partial charge is 0.234 e. The number of fused-ring (bicyclic) bond motifs is 1. The summed E-state index contributed by atoms with van der Waals surface area (Å²) in [6.07, 6.45) is 3.26. The maximum absolute atomic E-state index is 12.3. The van der Waals surface area contributed by atoms with Crippen LogP contribution in [0.2, 0.25) is 0 Å². The summed E-state index contributed by atoms with van der Waals surface area (Å²) in [7, 11) is 0. The van der Waals surface area contributed by atoms with Gasteiger partial charge in [0.25, 0.3) is 0 Å². The molecule has 1 N–H and O–H groups in total. The lowest BCUT2D eigenvalue weighted by Gasteiger charge is -2.08. The van der Waals surface area contributed by atoms with Crippen LogP contribution in [0.5, 0.6) is 0 Å². The largest absolute Gasteiger partial charge is 0.325 e. The Balaban J connectivity index is 1.44. The van der Waals surface area contributed by atoms with Gasteiger partial charge in [0.2, 0.25) is 11.1 Å². The molecule has 4 rings (SSSR count). The molecule has 9 heteroatoms. The van der Waals surface area contributed by atoms with Crippen LogP contribution in [-0.2, 0) is 4.79 Å². The van der Waals surface area contributed by atoms with Gasteiger partial charge in [0, 0.05) is 18.1 Å². The zero-order valence-electron chi connectivity index (χ0n) is 14.4. The molecule has 0 aliphatic carbocycles. The van der Waals surface area contributed by atoms with Crippen molar-refractivity contribution in [3.8, 4) is 5.69 Å². The summed E-state index contributed by atoms with van der Waals surface area (Å²) >= 11 is 1.28. The number of carbonyl (C=O) groups excluding carboxylic acids is 1. The molecule has 0 aliphatic heterocycles. The molecule has 0 spiro atoms. The molecule has 0 fully saturated rings. The first-order chi connectivity index (χ1) is 13.2. The van der Waals surface area contributed by atoms with E-state index in [0.29, 0.717) is 10.8 Å². The number of hydrogen-bond acceptors (Lipinski definition) is 7. The number of rotatable bonds is 5.